The van der Waals surface area contributed by atoms with E-state index in [0.29, 0.717) is 32.5 Å². The van der Waals surface area contributed by atoms with Crippen molar-refractivity contribution in [2.75, 3.05) is 19.6 Å². The van der Waals surface area contributed by atoms with Crippen molar-refractivity contribution in [3.8, 4) is 0 Å². The van der Waals surface area contributed by atoms with Gasteiger partial charge >= 0.3 is 6.09 Å². The second kappa shape index (κ2) is 7.80. The van der Waals surface area contributed by atoms with E-state index >= 15 is 0 Å². The van der Waals surface area contributed by atoms with Gasteiger partial charge in [0.1, 0.15) is 11.3 Å². The molecule has 1 aromatic rings. The highest BCUT2D eigenvalue weighted by Crippen LogP contribution is 2.56. The molecule has 2 saturated heterocycles. The second-order valence-corrected chi connectivity index (χ2v) is 10.7. The van der Waals surface area contributed by atoms with Gasteiger partial charge in [0.25, 0.3) is 0 Å². The van der Waals surface area contributed by atoms with Gasteiger partial charge in [0.15, 0.2) is 0 Å². The molecular weight excluding hydrogens is 392 g/mol. The van der Waals surface area contributed by atoms with Crippen LogP contribution in [-0.4, -0.2) is 57.9 Å². The van der Waals surface area contributed by atoms with E-state index < -0.39 is 16.7 Å². The summed E-state index contributed by atoms with van der Waals surface area (Å²) in [5.41, 5.74) is -1.18. The molecule has 6 heteroatoms. The molecular formula is C25H36N2O4. The number of likely N-dealkylation sites (tertiary alicyclic amines) is 2. The summed E-state index contributed by atoms with van der Waals surface area (Å²) in [6.45, 7) is 9.11. The molecule has 0 aromatic heterocycles. The number of ether oxygens (including phenoxy) is 1. The number of carbonyl (C=O) groups excluding carboxylic acids is 2. The maximum Gasteiger partial charge on any atom is 0.410 e. The van der Waals surface area contributed by atoms with Crippen LogP contribution < -0.4 is 0 Å². The zero-order valence-corrected chi connectivity index (χ0v) is 19.3. The number of aliphatic hydroxyl groups is 1. The van der Waals surface area contributed by atoms with E-state index in [-0.39, 0.29) is 23.8 Å². The van der Waals surface area contributed by atoms with Crippen LogP contribution >= 0.6 is 0 Å². The fraction of sp³-hybridized carbons (Fsp3) is 0.680. The largest absolute Gasteiger partial charge is 0.444 e. The van der Waals surface area contributed by atoms with Gasteiger partial charge in [0.2, 0.25) is 5.91 Å². The van der Waals surface area contributed by atoms with Gasteiger partial charge in [0.05, 0.1) is 0 Å². The second-order valence-electron chi connectivity index (χ2n) is 10.7. The smallest absolute Gasteiger partial charge is 0.410 e. The Bertz CT molecular complexity index is 836. The first-order chi connectivity index (χ1) is 14.6. The molecule has 2 aliphatic heterocycles. The predicted molar refractivity (Wildman–Crippen MR) is 118 cm³/mol. The minimum atomic E-state index is -1.23. The Hall–Kier alpha value is -2.08. The number of hydrogen-bond donors (Lipinski definition) is 1. The van der Waals surface area contributed by atoms with Crippen molar-refractivity contribution in [1.82, 2.24) is 9.80 Å². The lowest BCUT2D eigenvalue weighted by molar-refractivity contribution is -0.228. The molecule has 1 N–H and O–H groups in total. The molecule has 170 valence electrons. The number of hydrogen-bond acceptors (Lipinski definition) is 4. The first-order valence-electron chi connectivity index (χ1n) is 11.6. The quantitative estimate of drug-likeness (QED) is 0.769. The summed E-state index contributed by atoms with van der Waals surface area (Å²) in [7, 11) is 0. The van der Waals surface area contributed by atoms with Crippen molar-refractivity contribution in [2.45, 2.75) is 77.0 Å². The summed E-state index contributed by atoms with van der Waals surface area (Å²) in [6, 6.07) is 10.1. The van der Waals surface area contributed by atoms with Gasteiger partial charge in [0, 0.05) is 43.8 Å². The zero-order valence-electron chi connectivity index (χ0n) is 19.3. The van der Waals surface area contributed by atoms with Crippen molar-refractivity contribution in [3.63, 3.8) is 0 Å². The molecule has 0 radical (unpaired) electrons. The molecule has 4 rings (SSSR count). The fourth-order valence-electron chi connectivity index (χ4n) is 6.06. The van der Waals surface area contributed by atoms with E-state index in [4.69, 9.17) is 4.74 Å². The Labute approximate surface area is 185 Å². The van der Waals surface area contributed by atoms with Gasteiger partial charge in [-0.2, -0.15) is 0 Å². The van der Waals surface area contributed by atoms with Crippen LogP contribution in [0.15, 0.2) is 30.3 Å². The first kappa shape index (κ1) is 22.1. The summed E-state index contributed by atoms with van der Waals surface area (Å²) in [4.78, 5) is 29.5. The van der Waals surface area contributed by atoms with Crippen molar-refractivity contribution < 1.29 is 19.4 Å². The van der Waals surface area contributed by atoms with E-state index in [1.165, 1.54) is 0 Å². The van der Waals surface area contributed by atoms with Crippen LogP contribution in [0, 0.1) is 11.3 Å². The molecule has 0 bridgehead atoms. The SMILES string of the molecule is C[C@H]1CCCC12CN(C(=O)OC(C)(C)C)CCC2(O)N1C[C@@H](c2ccccc2)CC1=O. The van der Waals surface area contributed by atoms with Crippen LogP contribution in [0.1, 0.15) is 71.3 Å². The molecule has 2 unspecified atom stereocenters. The van der Waals surface area contributed by atoms with E-state index in [9.17, 15) is 14.7 Å². The Morgan fingerprint density at radius 3 is 2.52 bits per heavy atom. The van der Waals surface area contributed by atoms with Crippen molar-refractivity contribution in [3.05, 3.63) is 35.9 Å². The number of benzene rings is 1. The fourth-order valence-corrected chi connectivity index (χ4v) is 6.06. The maximum atomic E-state index is 13.2. The van der Waals surface area contributed by atoms with Crippen molar-refractivity contribution in [1.29, 1.82) is 0 Å². The predicted octanol–water partition coefficient (Wildman–Crippen LogP) is 4.14. The molecule has 4 atom stereocenters. The number of rotatable bonds is 2. The molecule has 31 heavy (non-hydrogen) atoms. The summed E-state index contributed by atoms with van der Waals surface area (Å²) < 4.78 is 5.63. The van der Waals surface area contributed by atoms with Crippen LogP contribution in [0.3, 0.4) is 0 Å². The van der Waals surface area contributed by atoms with Gasteiger partial charge < -0.3 is 19.6 Å². The highest BCUT2D eigenvalue weighted by Gasteiger charge is 2.63. The Balaban J connectivity index is 1.61. The minimum absolute atomic E-state index is 0.0144. The van der Waals surface area contributed by atoms with Crippen molar-refractivity contribution in [2.24, 2.45) is 11.3 Å². The summed E-state index contributed by atoms with van der Waals surface area (Å²) in [5, 5.41) is 12.2. The van der Waals surface area contributed by atoms with Crippen LogP contribution in [0.4, 0.5) is 4.79 Å². The highest BCUT2D eigenvalue weighted by atomic mass is 16.6. The third-order valence-electron chi connectivity index (χ3n) is 7.70. The Morgan fingerprint density at radius 1 is 1.19 bits per heavy atom. The summed E-state index contributed by atoms with van der Waals surface area (Å²) in [6.07, 6.45) is 3.26. The lowest BCUT2D eigenvalue weighted by Gasteiger charge is -2.57. The minimum Gasteiger partial charge on any atom is -0.444 e. The number of piperidine rings is 1. The first-order valence-corrected chi connectivity index (χ1v) is 11.6. The third kappa shape index (κ3) is 3.84. The van der Waals surface area contributed by atoms with E-state index in [2.05, 4.69) is 19.1 Å². The molecule has 3 aliphatic rings. The molecule has 1 spiro atoms. The van der Waals surface area contributed by atoms with Gasteiger partial charge in [-0.15, -0.1) is 0 Å². The molecule has 6 nitrogen and oxygen atoms in total. The lowest BCUT2D eigenvalue weighted by Crippen LogP contribution is -2.69. The molecule has 2 heterocycles. The zero-order chi connectivity index (χ0) is 22.4. The summed E-state index contributed by atoms with van der Waals surface area (Å²) in [5.74, 6) is 0.322. The lowest BCUT2D eigenvalue weighted by atomic mass is 9.65. The van der Waals surface area contributed by atoms with E-state index in [1.807, 2.05) is 39.0 Å². The van der Waals surface area contributed by atoms with Gasteiger partial charge in [-0.05, 0) is 45.1 Å². The van der Waals surface area contributed by atoms with Crippen LogP contribution in [0.5, 0.6) is 0 Å². The van der Waals surface area contributed by atoms with Crippen LogP contribution in [-0.2, 0) is 9.53 Å². The monoisotopic (exact) mass is 428 g/mol. The van der Waals surface area contributed by atoms with Gasteiger partial charge in [-0.25, -0.2) is 4.79 Å². The molecule has 1 aromatic carbocycles. The third-order valence-corrected chi connectivity index (χ3v) is 7.70. The average molecular weight is 429 g/mol. The van der Waals surface area contributed by atoms with Gasteiger partial charge in [-0.3, -0.25) is 4.79 Å². The number of amides is 2. The van der Waals surface area contributed by atoms with Crippen LogP contribution in [0.25, 0.3) is 0 Å². The Kier molecular flexibility index (Phi) is 5.57. The normalized spacial score (nSPS) is 33.9. The Morgan fingerprint density at radius 2 is 1.90 bits per heavy atom. The number of nitrogens with zero attached hydrogens (tertiary/aromatic N) is 2. The van der Waals surface area contributed by atoms with Gasteiger partial charge in [-0.1, -0.05) is 43.7 Å². The molecule has 3 fully saturated rings. The van der Waals surface area contributed by atoms with E-state index in [0.717, 1.165) is 24.8 Å². The topological polar surface area (TPSA) is 70.1 Å². The maximum absolute atomic E-state index is 13.2. The number of carbonyl (C=O) groups is 2. The molecule has 2 amide bonds. The standard InChI is InChI=1S/C25H36N2O4/c1-18-9-8-12-24(18)17-26(22(29)31-23(2,3)4)14-13-25(24,30)27-16-20(15-21(27)28)19-10-6-5-7-11-19/h5-7,10-11,18,20,30H,8-9,12-17H2,1-4H3/t18-,20-,24?,25?/m0/s1. The molecule has 1 saturated carbocycles. The van der Waals surface area contributed by atoms with E-state index in [1.54, 1.807) is 9.80 Å². The van der Waals surface area contributed by atoms with Crippen LogP contribution in [0.2, 0.25) is 0 Å². The highest BCUT2D eigenvalue weighted by molar-refractivity contribution is 5.80. The average Bonchev–Trinajstić information content (AvgIpc) is 3.27. The molecule has 1 aliphatic carbocycles. The van der Waals surface area contributed by atoms with Crippen molar-refractivity contribution >= 4 is 12.0 Å². The summed E-state index contributed by atoms with van der Waals surface area (Å²) >= 11 is 0.